The first-order valence-electron chi connectivity index (χ1n) is 7.74. The minimum Gasteiger partial charge on any atom is -0.495 e. The molecule has 0 bridgehead atoms. The van der Waals surface area contributed by atoms with Crippen molar-refractivity contribution in [3.05, 3.63) is 65.3 Å². The highest BCUT2D eigenvalue weighted by Crippen LogP contribution is 2.24. The summed E-state index contributed by atoms with van der Waals surface area (Å²) in [4.78, 5) is 12.2. The lowest BCUT2D eigenvalue weighted by molar-refractivity contribution is 0.0951. The Kier molecular flexibility index (Phi) is 5.30. The monoisotopic (exact) mass is 356 g/mol. The molecule has 0 radical (unpaired) electrons. The first kappa shape index (κ1) is 17.0. The van der Waals surface area contributed by atoms with E-state index in [-0.39, 0.29) is 5.91 Å². The van der Waals surface area contributed by atoms with Gasteiger partial charge in [-0.2, -0.15) is 0 Å². The van der Waals surface area contributed by atoms with Gasteiger partial charge in [-0.15, -0.1) is 5.10 Å². The molecule has 1 N–H and O–H groups in total. The summed E-state index contributed by atoms with van der Waals surface area (Å²) in [6.07, 6.45) is 1.85. The predicted octanol–water partition coefficient (Wildman–Crippen LogP) is 3.04. The quantitative estimate of drug-likeness (QED) is 0.737. The lowest BCUT2D eigenvalue weighted by Gasteiger charge is -2.07. The number of methoxy groups -OCH3 is 1. The zero-order valence-electron chi connectivity index (χ0n) is 13.6. The van der Waals surface area contributed by atoms with Crippen LogP contribution in [0, 0.1) is 0 Å². The lowest BCUT2D eigenvalue weighted by Crippen LogP contribution is -2.27. The summed E-state index contributed by atoms with van der Waals surface area (Å²) in [6, 6.07) is 14.7. The number of hydrogen-bond acceptors (Lipinski definition) is 4. The van der Waals surface area contributed by atoms with E-state index in [0.717, 1.165) is 11.3 Å². The first-order chi connectivity index (χ1) is 12.2. The summed E-state index contributed by atoms with van der Waals surface area (Å²) in [6.45, 7) is 0.956. The van der Waals surface area contributed by atoms with Gasteiger partial charge < -0.3 is 10.1 Å². The molecule has 2 aromatic carbocycles. The molecule has 7 heteroatoms. The molecule has 0 spiro atoms. The van der Waals surface area contributed by atoms with Crippen LogP contribution in [-0.4, -0.2) is 34.6 Å². The maximum atomic E-state index is 12.2. The molecule has 128 valence electrons. The molecule has 0 saturated heterocycles. The number of carbonyl (C=O) groups is 1. The highest BCUT2D eigenvalue weighted by molar-refractivity contribution is 6.32. The number of halogens is 1. The topological polar surface area (TPSA) is 69.0 Å². The summed E-state index contributed by atoms with van der Waals surface area (Å²) < 4.78 is 6.82. The molecule has 1 amide bonds. The summed E-state index contributed by atoms with van der Waals surface area (Å²) in [5.74, 6) is 0.275. The molecule has 1 heterocycles. The van der Waals surface area contributed by atoms with Gasteiger partial charge in [0, 0.05) is 17.7 Å². The number of nitrogens with one attached hydrogen (secondary N) is 1. The zero-order valence-corrected chi connectivity index (χ0v) is 14.4. The summed E-state index contributed by atoms with van der Waals surface area (Å²) in [7, 11) is 1.51. The molecule has 0 atom stereocenters. The van der Waals surface area contributed by atoms with Crippen LogP contribution in [0.5, 0.6) is 5.75 Å². The molecular formula is C18H17ClN4O2. The molecule has 0 aliphatic carbocycles. The van der Waals surface area contributed by atoms with Gasteiger partial charge in [-0.1, -0.05) is 47.1 Å². The lowest BCUT2D eigenvalue weighted by atomic mass is 10.2. The second kappa shape index (κ2) is 7.81. The maximum absolute atomic E-state index is 12.2. The minimum absolute atomic E-state index is 0.196. The van der Waals surface area contributed by atoms with E-state index in [0.29, 0.717) is 29.4 Å². The van der Waals surface area contributed by atoms with Gasteiger partial charge in [0.2, 0.25) is 0 Å². The molecule has 1 aromatic heterocycles. The Hall–Kier alpha value is -2.86. The number of rotatable bonds is 6. The fourth-order valence-corrected chi connectivity index (χ4v) is 2.53. The van der Waals surface area contributed by atoms with Gasteiger partial charge in [0.15, 0.2) is 0 Å². The summed E-state index contributed by atoms with van der Waals surface area (Å²) in [5.41, 5.74) is 2.30. The average molecular weight is 357 g/mol. The Balaban J connectivity index is 1.56. The zero-order chi connectivity index (χ0) is 17.6. The molecule has 6 nitrogen and oxygen atoms in total. The highest BCUT2D eigenvalue weighted by atomic mass is 35.5. The number of ether oxygens (including phenoxy) is 1. The molecule has 3 rings (SSSR count). The van der Waals surface area contributed by atoms with Crippen molar-refractivity contribution in [3.63, 3.8) is 0 Å². The second-order valence-electron chi connectivity index (χ2n) is 5.34. The minimum atomic E-state index is -0.196. The molecule has 0 unspecified atom stereocenters. The van der Waals surface area contributed by atoms with Crippen molar-refractivity contribution in [2.75, 3.05) is 13.7 Å². The number of nitrogens with zero attached hydrogens (tertiary/aromatic N) is 3. The van der Waals surface area contributed by atoms with Crippen molar-refractivity contribution in [3.8, 4) is 17.0 Å². The van der Waals surface area contributed by atoms with E-state index >= 15 is 0 Å². The predicted molar refractivity (Wildman–Crippen MR) is 95.8 cm³/mol. The third kappa shape index (κ3) is 4.16. The van der Waals surface area contributed by atoms with Crippen molar-refractivity contribution < 1.29 is 9.53 Å². The SMILES string of the molecule is COc1cc(C(=O)NCCn2cc(-c3ccccc3)nn2)ccc1Cl. The Morgan fingerprint density at radius 3 is 2.80 bits per heavy atom. The number of carbonyl (C=O) groups excluding carboxylic acids is 1. The maximum Gasteiger partial charge on any atom is 0.251 e. The molecule has 0 aliphatic rings. The van der Waals surface area contributed by atoms with Gasteiger partial charge in [0.1, 0.15) is 11.4 Å². The van der Waals surface area contributed by atoms with Gasteiger partial charge >= 0.3 is 0 Å². The van der Waals surface area contributed by atoms with Crippen molar-refractivity contribution in [1.29, 1.82) is 0 Å². The summed E-state index contributed by atoms with van der Waals surface area (Å²) >= 11 is 5.96. The normalized spacial score (nSPS) is 10.5. The van der Waals surface area contributed by atoms with Crippen molar-refractivity contribution in [2.45, 2.75) is 6.54 Å². The third-order valence-corrected chi connectivity index (χ3v) is 3.96. The smallest absolute Gasteiger partial charge is 0.251 e. The number of hydrogen-bond donors (Lipinski definition) is 1. The van der Waals surface area contributed by atoms with E-state index in [1.807, 2.05) is 36.5 Å². The van der Waals surface area contributed by atoms with Crippen molar-refractivity contribution in [2.24, 2.45) is 0 Å². The van der Waals surface area contributed by atoms with Gasteiger partial charge in [-0.05, 0) is 18.2 Å². The Bertz CT molecular complexity index is 865. The molecule has 0 saturated carbocycles. The molecule has 25 heavy (non-hydrogen) atoms. The standard InChI is InChI=1S/C18H17ClN4O2/c1-25-17-11-14(7-8-15(17)19)18(24)20-9-10-23-12-16(21-22-23)13-5-3-2-4-6-13/h2-8,11-12H,9-10H2,1H3,(H,20,24). The van der Waals surface area contributed by atoms with Crippen LogP contribution in [0.15, 0.2) is 54.7 Å². The summed E-state index contributed by atoms with van der Waals surface area (Å²) in [5, 5.41) is 11.5. The number of amides is 1. The van der Waals surface area contributed by atoms with Crippen molar-refractivity contribution in [1.82, 2.24) is 20.3 Å². The van der Waals surface area contributed by atoms with E-state index < -0.39 is 0 Å². The van der Waals surface area contributed by atoms with Crippen LogP contribution in [0.3, 0.4) is 0 Å². The van der Waals surface area contributed by atoms with Crippen LogP contribution in [-0.2, 0) is 6.54 Å². The van der Waals surface area contributed by atoms with Crippen LogP contribution < -0.4 is 10.1 Å². The average Bonchev–Trinajstić information content (AvgIpc) is 3.11. The Morgan fingerprint density at radius 2 is 2.04 bits per heavy atom. The van der Waals surface area contributed by atoms with Gasteiger partial charge in [0.25, 0.3) is 5.91 Å². The molecule has 3 aromatic rings. The first-order valence-corrected chi connectivity index (χ1v) is 8.12. The number of aromatic nitrogens is 3. The van der Waals surface area contributed by atoms with Gasteiger partial charge in [-0.25, -0.2) is 0 Å². The van der Waals surface area contributed by atoms with E-state index in [1.54, 1.807) is 22.9 Å². The van der Waals surface area contributed by atoms with E-state index in [4.69, 9.17) is 16.3 Å². The second-order valence-corrected chi connectivity index (χ2v) is 5.75. The van der Waals surface area contributed by atoms with Crippen LogP contribution in [0.25, 0.3) is 11.3 Å². The van der Waals surface area contributed by atoms with Crippen LogP contribution >= 0.6 is 11.6 Å². The molecular weight excluding hydrogens is 340 g/mol. The largest absolute Gasteiger partial charge is 0.495 e. The molecule has 0 aliphatic heterocycles. The third-order valence-electron chi connectivity index (χ3n) is 3.65. The molecule has 0 fully saturated rings. The Morgan fingerprint density at radius 1 is 1.24 bits per heavy atom. The van der Waals surface area contributed by atoms with Crippen LogP contribution in [0.1, 0.15) is 10.4 Å². The van der Waals surface area contributed by atoms with E-state index in [2.05, 4.69) is 15.6 Å². The number of benzene rings is 2. The van der Waals surface area contributed by atoms with Crippen molar-refractivity contribution >= 4 is 17.5 Å². The van der Waals surface area contributed by atoms with E-state index in [9.17, 15) is 4.79 Å². The van der Waals surface area contributed by atoms with Crippen LogP contribution in [0.2, 0.25) is 5.02 Å². The van der Waals surface area contributed by atoms with Gasteiger partial charge in [0.05, 0.1) is 24.9 Å². The Labute approximate surface area is 150 Å². The van der Waals surface area contributed by atoms with Gasteiger partial charge in [-0.3, -0.25) is 9.48 Å². The fourth-order valence-electron chi connectivity index (χ4n) is 2.34. The van der Waals surface area contributed by atoms with E-state index in [1.165, 1.54) is 7.11 Å². The highest BCUT2D eigenvalue weighted by Gasteiger charge is 2.09. The van der Waals surface area contributed by atoms with Crippen LogP contribution in [0.4, 0.5) is 0 Å². The fraction of sp³-hybridized carbons (Fsp3) is 0.167.